The number of ether oxygens (including phenoxy) is 3. The zero-order valence-electron chi connectivity index (χ0n) is 23.1. The molecular weight excluding hydrogens is 496 g/mol. The molecule has 1 atom stereocenters. The third-order valence-corrected chi connectivity index (χ3v) is 7.47. The number of pyridine rings is 1. The summed E-state index contributed by atoms with van der Waals surface area (Å²) in [6, 6.07) is 12.1. The lowest BCUT2D eigenvalue weighted by Gasteiger charge is -2.22. The average molecular weight is 533 g/mol. The minimum atomic E-state index is -0.0826. The maximum Gasteiger partial charge on any atom is 0.252 e. The van der Waals surface area contributed by atoms with Crippen LogP contribution in [-0.2, 0) is 30.8 Å². The first-order valence-corrected chi connectivity index (χ1v) is 13.4. The summed E-state index contributed by atoms with van der Waals surface area (Å²) in [4.78, 5) is 18.4. The van der Waals surface area contributed by atoms with Gasteiger partial charge in [0.2, 0.25) is 0 Å². The number of nitrogens with zero attached hydrogens (tertiary/aromatic N) is 5. The molecule has 2 aromatic heterocycles. The molecule has 10 nitrogen and oxygen atoms in total. The summed E-state index contributed by atoms with van der Waals surface area (Å²) in [5.41, 5.74) is 4.93. The molecule has 0 amide bonds. The monoisotopic (exact) mass is 532 g/mol. The number of hydrogen-bond acceptors (Lipinski definition) is 8. The van der Waals surface area contributed by atoms with Gasteiger partial charge in [-0.2, -0.15) is 0 Å². The fourth-order valence-electron chi connectivity index (χ4n) is 5.08. The molecule has 0 bridgehead atoms. The van der Waals surface area contributed by atoms with Crippen LogP contribution in [0.5, 0.6) is 11.5 Å². The summed E-state index contributed by atoms with van der Waals surface area (Å²) in [5.74, 6) is 2.14. The maximum atomic E-state index is 13.1. The molecule has 1 aliphatic rings. The van der Waals surface area contributed by atoms with E-state index in [1.807, 2.05) is 35.0 Å². The van der Waals surface area contributed by atoms with Gasteiger partial charge < -0.3 is 19.2 Å². The van der Waals surface area contributed by atoms with Gasteiger partial charge in [0.25, 0.3) is 5.56 Å². The van der Waals surface area contributed by atoms with E-state index in [4.69, 9.17) is 14.2 Å². The zero-order valence-corrected chi connectivity index (χ0v) is 23.1. The van der Waals surface area contributed by atoms with Gasteiger partial charge in [-0.25, -0.2) is 4.68 Å². The van der Waals surface area contributed by atoms with E-state index >= 15 is 0 Å². The molecule has 0 unspecified atom stereocenters. The molecule has 0 aliphatic carbocycles. The van der Waals surface area contributed by atoms with Gasteiger partial charge in [0.15, 0.2) is 17.3 Å². The molecular formula is C29H36N6O4. The Bertz CT molecular complexity index is 1490. The van der Waals surface area contributed by atoms with E-state index in [1.54, 1.807) is 14.2 Å². The first-order chi connectivity index (χ1) is 18.9. The van der Waals surface area contributed by atoms with Crippen molar-refractivity contribution in [2.75, 3.05) is 27.4 Å². The van der Waals surface area contributed by atoms with Crippen LogP contribution in [0, 0.1) is 13.8 Å². The Morgan fingerprint density at radius 1 is 1.08 bits per heavy atom. The predicted molar refractivity (Wildman–Crippen MR) is 148 cm³/mol. The van der Waals surface area contributed by atoms with Crippen LogP contribution in [0.3, 0.4) is 0 Å². The minimum Gasteiger partial charge on any atom is -0.493 e. The minimum absolute atomic E-state index is 0.0826. The van der Waals surface area contributed by atoms with Crippen LogP contribution in [-0.4, -0.2) is 63.6 Å². The standard InChI is InChI=1S/C29H36N6O4/c1-19-12-22-15-23(29(36)30-25(22)13-20(19)2)16-34(10-9-21-7-8-26(37-3)27(14-21)38-4)18-28-31-32-33-35(28)17-24-6-5-11-39-24/h7-8,12-15,24H,5-6,9-11,16-18H2,1-4H3,(H,30,36)/t24-/m1/s1. The molecule has 2 aromatic carbocycles. The number of hydrogen-bond donors (Lipinski definition) is 1. The van der Waals surface area contributed by atoms with Crippen LogP contribution in [0.4, 0.5) is 0 Å². The fraction of sp³-hybridized carbons (Fsp3) is 0.448. The van der Waals surface area contributed by atoms with E-state index in [9.17, 15) is 4.79 Å². The summed E-state index contributed by atoms with van der Waals surface area (Å²) in [6.07, 6.45) is 2.94. The molecule has 5 rings (SSSR count). The highest BCUT2D eigenvalue weighted by atomic mass is 16.5. The van der Waals surface area contributed by atoms with Gasteiger partial charge >= 0.3 is 0 Å². The number of benzene rings is 2. The summed E-state index contributed by atoms with van der Waals surface area (Å²) in [6.45, 7) is 7.19. The van der Waals surface area contributed by atoms with E-state index in [2.05, 4.69) is 45.3 Å². The predicted octanol–water partition coefficient (Wildman–Crippen LogP) is 3.57. The van der Waals surface area contributed by atoms with E-state index in [1.165, 1.54) is 5.56 Å². The molecule has 1 fully saturated rings. The molecule has 4 aromatic rings. The van der Waals surface area contributed by atoms with Gasteiger partial charge in [-0.05, 0) is 95.9 Å². The Balaban J connectivity index is 1.40. The summed E-state index contributed by atoms with van der Waals surface area (Å²) in [5, 5.41) is 13.5. The number of rotatable bonds is 11. The lowest BCUT2D eigenvalue weighted by molar-refractivity contribution is 0.0916. The zero-order chi connectivity index (χ0) is 27.4. The second-order valence-electron chi connectivity index (χ2n) is 10.2. The van der Waals surface area contributed by atoms with Gasteiger partial charge in [-0.1, -0.05) is 6.07 Å². The quantitative estimate of drug-likeness (QED) is 0.312. The maximum absolute atomic E-state index is 13.1. The lowest BCUT2D eigenvalue weighted by Crippen LogP contribution is -2.30. The van der Waals surface area contributed by atoms with Crippen molar-refractivity contribution >= 4 is 10.9 Å². The van der Waals surface area contributed by atoms with Crippen molar-refractivity contribution in [2.24, 2.45) is 0 Å². The number of fused-ring (bicyclic) bond motifs is 1. The molecule has 1 saturated heterocycles. The number of aryl methyl sites for hydroxylation is 2. The molecule has 3 heterocycles. The number of aromatic nitrogens is 5. The number of methoxy groups -OCH3 is 2. The van der Waals surface area contributed by atoms with E-state index in [0.717, 1.165) is 53.7 Å². The van der Waals surface area contributed by atoms with Crippen LogP contribution in [0.15, 0.2) is 41.2 Å². The van der Waals surface area contributed by atoms with Crippen LogP contribution < -0.4 is 15.0 Å². The first-order valence-electron chi connectivity index (χ1n) is 13.4. The molecule has 0 saturated carbocycles. The first kappa shape index (κ1) is 26.8. The Hall–Kier alpha value is -3.76. The molecule has 10 heteroatoms. The smallest absolute Gasteiger partial charge is 0.252 e. The number of H-pyrrole nitrogens is 1. The van der Waals surface area contributed by atoms with E-state index in [0.29, 0.717) is 43.2 Å². The Morgan fingerprint density at radius 2 is 1.90 bits per heavy atom. The van der Waals surface area contributed by atoms with Crippen molar-refractivity contribution in [2.45, 2.75) is 58.8 Å². The van der Waals surface area contributed by atoms with Crippen molar-refractivity contribution in [3.63, 3.8) is 0 Å². The van der Waals surface area contributed by atoms with Crippen molar-refractivity contribution in [1.29, 1.82) is 0 Å². The summed E-state index contributed by atoms with van der Waals surface area (Å²) in [7, 11) is 3.26. The number of nitrogens with one attached hydrogen (secondary N) is 1. The second-order valence-corrected chi connectivity index (χ2v) is 10.2. The third kappa shape index (κ3) is 6.29. The van der Waals surface area contributed by atoms with Gasteiger partial charge in [0.1, 0.15) is 0 Å². The molecule has 0 spiro atoms. The van der Waals surface area contributed by atoms with Crippen LogP contribution >= 0.6 is 0 Å². The van der Waals surface area contributed by atoms with Crippen LogP contribution in [0.25, 0.3) is 10.9 Å². The average Bonchev–Trinajstić information content (AvgIpc) is 3.61. The normalized spacial score (nSPS) is 15.4. The number of tetrazole rings is 1. The Morgan fingerprint density at radius 3 is 2.67 bits per heavy atom. The molecule has 1 N–H and O–H groups in total. The Kier molecular flexibility index (Phi) is 8.23. The van der Waals surface area contributed by atoms with Crippen molar-refractivity contribution in [3.05, 3.63) is 74.8 Å². The SMILES string of the molecule is COc1ccc(CCN(Cc2cc3cc(C)c(C)cc3[nH]c2=O)Cc2nnnn2C[C@H]2CCCO2)cc1OC. The third-order valence-electron chi connectivity index (χ3n) is 7.47. The molecule has 39 heavy (non-hydrogen) atoms. The topological polar surface area (TPSA) is 107 Å². The number of aromatic amines is 1. The molecule has 1 aliphatic heterocycles. The highest BCUT2D eigenvalue weighted by molar-refractivity contribution is 5.80. The van der Waals surface area contributed by atoms with Crippen molar-refractivity contribution in [1.82, 2.24) is 30.1 Å². The van der Waals surface area contributed by atoms with Gasteiger partial charge in [-0.3, -0.25) is 9.69 Å². The molecule has 206 valence electrons. The van der Waals surface area contributed by atoms with E-state index in [-0.39, 0.29) is 11.7 Å². The second kappa shape index (κ2) is 12.0. The van der Waals surface area contributed by atoms with E-state index < -0.39 is 0 Å². The largest absolute Gasteiger partial charge is 0.493 e. The van der Waals surface area contributed by atoms with Crippen molar-refractivity contribution in [3.8, 4) is 11.5 Å². The van der Waals surface area contributed by atoms with Gasteiger partial charge in [0, 0.05) is 30.8 Å². The fourth-order valence-corrected chi connectivity index (χ4v) is 5.08. The van der Waals surface area contributed by atoms with Gasteiger partial charge in [0.05, 0.1) is 33.4 Å². The van der Waals surface area contributed by atoms with Crippen molar-refractivity contribution < 1.29 is 14.2 Å². The van der Waals surface area contributed by atoms with Crippen LogP contribution in [0.2, 0.25) is 0 Å². The highest BCUT2D eigenvalue weighted by Crippen LogP contribution is 2.28. The van der Waals surface area contributed by atoms with Crippen LogP contribution in [0.1, 0.15) is 40.9 Å². The Labute approximate surface area is 227 Å². The summed E-state index contributed by atoms with van der Waals surface area (Å²) >= 11 is 0. The highest BCUT2D eigenvalue weighted by Gasteiger charge is 2.21. The lowest BCUT2D eigenvalue weighted by atomic mass is 10.0. The summed E-state index contributed by atoms with van der Waals surface area (Å²) < 4.78 is 18.5. The molecule has 0 radical (unpaired) electrons. The van der Waals surface area contributed by atoms with Gasteiger partial charge in [-0.15, -0.1) is 5.10 Å².